The summed E-state index contributed by atoms with van der Waals surface area (Å²) in [5.41, 5.74) is 0.980. The Kier molecular flexibility index (Phi) is 8.81. The smallest absolute Gasteiger partial charge is 0.297 e. The van der Waals surface area contributed by atoms with E-state index in [1.165, 1.54) is 30.5 Å². The standard InChI is InChI=1S/C29H29BrN6O6S/c30-20-1-3-24(27(12-20)42-22-11-19-5-8-31-28(19)33-15-22)29(37)34-43(40)23-2-4-25(26(13-23)36(38)39)32-14-18-6-9-35(10-7-18)21-16-41-17-21/h1-5,8,11-13,15,18,21,32H,6-7,9-10,14,16-17H2,(H,31,33)(H,34,37). The van der Waals surface area contributed by atoms with E-state index in [2.05, 4.69) is 40.8 Å². The first kappa shape index (κ1) is 29.4. The van der Waals surface area contributed by atoms with E-state index >= 15 is 0 Å². The molecule has 2 fully saturated rings. The van der Waals surface area contributed by atoms with Crippen molar-refractivity contribution in [1.29, 1.82) is 0 Å². The summed E-state index contributed by atoms with van der Waals surface area (Å²) >= 11 is 1.33. The zero-order chi connectivity index (χ0) is 29.9. The quantitative estimate of drug-likeness (QED) is 0.120. The fourth-order valence-electron chi connectivity index (χ4n) is 5.21. The Labute approximate surface area is 258 Å². The van der Waals surface area contributed by atoms with Gasteiger partial charge in [0, 0.05) is 22.6 Å². The van der Waals surface area contributed by atoms with E-state index in [9.17, 15) is 19.5 Å². The van der Waals surface area contributed by atoms with Crippen LogP contribution in [0.4, 0.5) is 11.4 Å². The first-order valence-electron chi connectivity index (χ1n) is 13.8. The average Bonchev–Trinajstić information content (AvgIpc) is 3.44. The van der Waals surface area contributed by atoms with Gasteiger partial charge < -0.3 is 24.3 Å². The van der Waals surface area contributed by atoms with Crippen molar-refractivity contribution in [1.82, 2.24) is 19.6 Å². The fraction of sp³-hybridized carbons (Fsp3) is 0.310. The Morgan fingerprint density at radius 3 is 2.74 bits per heavy atom. The number of carbonyl (C=O) groups is 1. The van der Waals surface area contributed by atoms with Gasteiger partial charge in [0.1, 0.15) is 34.2 Å². The lowest BCUT2D eigenvalue weighted by atomic mass is 9.95. The summed E-state index contributed by atoms with van der Waals surface area (Å²) in [5, 5.41) is 15.9. The number of nitro groups is 1. The van der Waals surface area contributed by atoms with Crippen LogP contribution in [0.15, 0.2) is 70.3 Å². The summed E-state index contributed by atoms with van der Waals surface area (Å²) in [7, 11) is 0. The van der Waals surface area contributed by atoms with Crippen molar-refractivity contribution in [2.24, 2.45) is 5.92 Å². The first-order valence-corrected chi connectivity index (χ1v) is 15.8. The van der Waals surface area contributed by atoms with Crippen molar-refractivity contribution < 1.29 is 23.7 Å². The summed E-state index contributed by atoms with van der Waals surface area (Å²) in [6, 6.07) is 13.3. The van der Waals surface area contributed by atoms with E-state index < -0.39 is 22.2 Å². The van der Waals surface area contributed by atoms with Crippen LogP contribution in [-0.4, -0.2) is 69.1 Å². The maximum atomic E-state index is 13.2. The molecule has 4 heterocycles. The number of fused-ring (bicyclic) bond motifs is 1. The number of piperidine rings is 1. The van der Waals surface area contributed by atoms with Gasteiger partial charge in [-0.25, -0.2) is 4.98 Å². The SMILES string of the molecule is O=C(N[S+]([O-])c1ccc(NCC2CCN(C3COC3)CC2)c([N+](=O)[O-])c1)c1ccc(Br)cc1Oc1cnc2[nH]ccc2c1. The number of hydrogen-bond acceptors (Lipinski definition) is 9. The minimum absolute atomic E-state index is 0.100. The number of benzene rings is 2. The van der Waals surface area contributed by atoms with Gasteiger partial charge in [0.05, 0.1) is 42.0 Å². The molecule has 0 spiro atoms. The molecular weight excluding hydrogens is 640 g/mol. The number of ether oxygens (including phenoxy) is 2. The Bertz CT molecular complexity index is 1640. The topological polar surface area (TPSA) is 158 Å². The molecule has 0 aliphatic carbocycles. The molecule has 0 radical (unpaired) electrons. The molecule has 1 amide bonds. The molecule has 12 nitrogen and oxygen atoms in total. The summed E-state index contributed by atoms with van der Waals surface area (Å²) in [6.07, 6.45) is 5.30. The van der Waals surface area contributed by atoms with Crippen LogP contribution in [0.25, 0.3) is 11.0 Å². The molecule has 4 aromatic rings. The second-order valence-electron chi connectivity index (χ2n) is 10.5. The molecule has 43 heavy (non-hydrogen) atoms. The highest BCUT2D eigenvalue weighted by Gasteiger charge is 2.30. The lowest BCUT2D eigenvalue weighted by Gasteiger charge is -2.41. The van der Waals surface area contributed by atoms with Crippen LogP contribution < -0.4 is 14.8 Å². The van der Waals surface area contributed by atoms with Crippen LogP contribution in [0.5, 0.6) is 11.5 Å². The molecule has 1 atom stereocenters. The number of nitrogens with one attached hydrogen (secondary N) is 3. The second-order valence-corrected chi connectivity index (χ2v) is 12.6. The highest BCUT2D eigenvalue weighted by molar-refractivity contribution is 9.10. The first-order chi connectivity index (χ1) is 20.8. The normalized spacial score (nSPS) is 16.9. The van der Waals surface area contributed by atoms with E-state index in [-0.39, 0.29) is 21.9 Å². The number of carbonyl (C=O) groups excluding carboxylic acids is 1. The zero-order valence-corrected chi connectivity index (χ0v) is 25.4. The average molecular weight is 670 g/mol. The minimum Gasteiger partial charge on any atom is -0.588 e. The number of pyridine rings is 1. The summed E-state index contributed by atoms with van der Waals surface area (Å²) in [6.45, 7) is 4.18. The van der Waals surface area contributed by atoms with Crippen molar-refractivity contribution in [3.8, 4) is 11.5 Å². The van der Waals surface area contributed by atoms with E-state index in [0.29, 0.717) is 40.1 Å². The molecule has 2 aliphatic rings. The van der Waals surface area contributed by atoms with Crippen LogP contribution in [0.1, 0.15) is 23.2 Å². The molecule has 14 heteroatoms. The molecule has 2 aliphatic heterocycles. The van der Waals surface area contributed by atoms with Crippen LogP contribution in [-0.2, 0) is 16.1 Å². The lowest BCUT2D eigenvalue weighted by molar-refractivity contribution is -0.384. The fourth-order valence-corrected chi connectivity index (χ4v) is 6.35. The van der Waals surface area contributed by atoms with Crippen LogP contribution >= 0.6 is 15.9 Å². The van der Waals surface area contributed by atoms with Gasteiger partial charge in [-0.2, -0.15) is 4.72 Å². The number of nitro benzene ring substituents is 1. The van der Waals surface area contributed by atoms with Gasteiger partial charge in [-0.15, -0.1) is 0 Å². The molecule has 2 saturated heterocycles. The molecule has 1 unspecified atom stereocenters. The van der Waals surface area contributed by atoms with Crippen LogP contribution in [0.2, 0.25) is 0 Å². The number of aromatic nitrogens is 2. The van der Waals surface area contributed by atoms with Crippen molar-refractivity contribution in [3.05, 3.63) is 81.1 Å². The van der Waals surface area contributed by atoms with E-state index in [4.69, 9.17) is 9.47 Å². The summed E-state index contributed by atoms with van der Waals surface area (Å²) < 4.78 is 27.5. The zero-order valence-electron chi connectivity index (χ0n) is 23.0. The number of halogens is 1. The highest BCUT2D eigenvalue weighted by Crippen LogP contribution is 2.32. The Balaban J connectivity index is 1.11. The van der Waals surface area contributed by atoms with Crippen LogP contribution in [0, 0.1) is 16.0 Å². The number of nitrogens with zero attached hydrogens (tertiary/aromatic N) is 3. The number of H-pyrrole nitrogens is 1. The predicted molar refractivity (Wildman–Crippen MR) is 165 cm³/mol. The predicted octanol–water partition coefficient (Wildman–Crippen LogP) is 5.00. The van der Waals surface area contributed by atoms with E-state index in [1.54, 1.807) is 24.4 Å². The third kappa shape index (κ3) is 6.78. The lowest BCUT2D eigenvalue weighted by Crippen LogP contribution is -2.52. The number of hydrogen-bond donors (Lipinski definition) is 3. The van der Waals surface area contributed by atoms with Crippen molar-refractivity contribution >= 4 is 55.6 Å². The van der Waals surface area contributed by atoms with Crippen molar-refractivity contribution in [2.45, 2.75) is 23.8 Å². The van der Waals surface area contributed by atoms with Gasteiger partial charge >= 0.3 is 0 Å². The Morgan fingerprint density at radius 2 is 2.00 bits per heavy atom. The maximum Gasteiger partial charge on any atom is 0.297 e. The molecule has 224 valence electrons. The van der Waals surface area contributed by atoms with Gasteiger partial charge in [-0.3, -0.25) is 19.8 Å². The largest absolute Gasteiger partial charge is 0.588 e. The minimum atomic E-state index is -2.07. The van der Waals surface area contributed by atoms with Crippen molar-refractivity contribution in [2.75, 3.05) is 38.2 Å². The molecule has 3 N–H and O–H groups in total. The Morgan fingerprint density at radius 1 is 1.19 bits per heavy atom. The molecular formula is C29H29BrN6O6S. The van der Waals surface area contributed by atoms with Crippen LogP contribution in [0.3, 0.4) is 0 Å². The summed E-state index contributed by atoms with van der Waals surface area (Å²) in [5.74, 6) is 0.365. The van der Waals surface area contributed by atoms with E-state index in [1.807, 2.05) is 6.07 Å². The number of anilines is 1. The molecule has 6 rings (SSSR count). The van der Waals surface area contributed by atoms with Gasteiger partial charge in [0.25, 0.3) is 11.6 Å². The Hall–Kier alpha value is -3.69. The molecule has 2 aromatic carbocycles. The van der Waals surface area contributed by atoms with Gasteiger partial charge in [0.15, 0.2) is 4.90 Å². The second kappa shape index (κ2) is 12.9. The van der Waals surface area contributed by atoms with Gasteiger partial charge in [-0.05, 0) is 74.3 Å². The van der Waals surface area contributed by atoms with Crippen molar-refractivity contribution in [3.63, 3.8) is 0 Å². The third-order valence-corrected chi connectivity index (χ3v) is 9.27. The van der Waals surface area contributed by atoms with Gasteiger partial charge in [0.2, 0.25) is 0 Å². The van der Waals surface area contributed by atoms with Gasteiger partial charge in [-0.1, -0.05) is 15.9 Å². The molecule has 0 bridgehead atoms. The molecule has 0 saturated carbocycles. The van der Waals surface area contributed by atoms with E-state index in [0.717, 1.165) is 44.5 Å². The summed E-state index contributed by atoms with van der Waals surface area (Å²) in [4.78, 5) is 34.4. The third-order valence-electron chi connectivity index (χ3n) is 7.72. The number of amides is 1. The molecule has 2 aromatic heterocycles. The maximum absolute atomic E-state index is 13.2. The monoisotopic (exact) mass is 668 g/mol. The number of likely N-dealkylation sites (tertiary alicyclic amines) is 1. The number of aromatic amines is 1. The highest BCUT2D eigenvalue weighted by atomic mass is 79.9. The number of rotatable bonds is 10.